The highest BCUT2D eigenvalue weighted by Crippen LogP contribution is 2.42. The Morgan fingerprint density at radius 1 is 0.714 bits per heavy atom. The van der Waals surface area contributed by atoms with Crippen molar-refractivity contribution < 1.29 is 53.3 Å². The summed E-state index contributed by atoms with van der Waals surface area (Å²) in [4.78, 5) is 145. The van der Waals surface area contributed by atoms with Crippen molar-refractivity contribution >= 4 is 121 Å². The van der Waals surface area contributed by atoms with Crippen molar-refractivity contribution in [2.45, 2.75) is 116 Å². The lowest BCUT2D eigenvalue weighted by atomic mass is 9.90. The number of hydrogen-bond acceptors (Lipinski definition) is 22. The fraction of sp³-hybridized carbons (Fsp3) is 0.403. The normalized spacial score (nSPS) is 18.5. The number of unbranched alkanes of at least 4 members (excludes halogenated alkanes) is 2. The lowest BCUT2D eigenvalue weighted by Gasteiger charge is -2.24. The maximum atomic E-state index is 14.5. The van der Waals surface area contributed by atoms with E-state index in [1.807, 2.05) is 61.9 Å². The summed E-state index contributed by atoms with van der Waals surface area (Å²) in [7, 11) is 2.98. The van der Waals surface area contributed by atoms with Gasteiger partial charge in [-0.15, -0.1) is 68.0 Å². The van der Waals surface area contributed by atoms with Crippen LogP contribution in [0, 0.1) is 24.7 Å². The van der Waals surface area contributed by atoms with Gasteiger partial charge in [0.05, 0.1) is 53.2 Å². The highest BCUT2D eigenvalue weighted by molar-refractivity contribution is 7.15. The minimum absolute atomic E-state index is 0.0104. The van der Waals surface area contributed by atoms with Gasteiger partial charge < -0.3 is 36.2 Å². The number of carbonyl (C=O) groups excluding carboxylic acids is 6. The van der Waals surface area contributed by atoms with Gasteiger partial charge in [0, 0.05) is 83.3 Å². The average Bonchev–Trinajstić information content (AvgIpc) is 1.79. The van der Waals surface area contributed by atoms with E-state index >= 15 is 0 Å². The summed E-state index contributed by atoms with van der Waals surface area (Å²) < 4.78 is 5.51. The number of aromatic nitrogens is 7. The topological polar surface area (TPSA) is 328 Å². The van der Waals surface area contributed by atoms with E-state index in [4.69, 9.17) is 39.6 Å². The predicted molar refractivity (Wildman–Crippen MR) is 349 cm³/mol. The number of ketones is 1. The fourth-order valence-corrected chi connectivity index (χ4v) is 16.6. The van der Waals surface area contributed by atoms with Crippen LogP contribution >= 0.6 is 68.0 Å². The quantitative estimate of drug-likeness (QED) is 0.0461. The number of carbonyl (C=O) groups is 8. The second-order valence-corrected chi connectivity index (χ2v) is 28.3. The number of methoxy groups -OCH3 is 1. The molecule has 91 heavy (non-hydrogen) atoms. The first-order valence-corrected chi connectivity index (χ1v) is 34.7. The van der Waals surface area contributed by atoms with Crippen molar-refractivity contribution in [3.05, 3.63) is 111 Å². The number of carboxylic acids is 2. The molecule has 2 aliphatic rings. The monoisotopic (exact) mass is 1350 g/mol. The van der Waals surface area contributed by atoms with E-state index in [2.05, 4.69) is 21.3 Å². The van der Waals surface area contributed by atoms with E-state index in [-0.39, 0.29) is 79.4 Å². The number of fused-ring (bicyclic) bond motifs is 14. The molecule has 29 heteroatoms. The Morgan fingerprint density at radius 2 is 1.43 bits per heavy atom. The molecule has 1 aliphatic carbocycles. The Hall–Kier alpha value is -7.93. The molecule has 8 aromatic rings. The Balaban J connectivity index is 1.04. The largest absolute Gasteiger partial charge is 0.481 e. The zero-order valence-electron chi connectivity index (χ0n) is 50.5. The second kappa shape index (κ2) is 29.6. The van der Waals surface area contributed by atoms with Crippen molar-refractivity contribution in [3.8, 4) is 43.4 Å². The Morgan fingerprint density at radius 3 is 2.16 bits per heavy atom. The van der Waals surface area contributed by atoms with E-state index in [9.17, 15) is 48.6 Å². The average molecular weight is 1350 g/mol. The van der Waals surface area contributed by atoms with E-state index in [0.717, 1.165) is 5.56 Å². The number of hydrogen-bond donors (Lipinski definition) is 6. The maximum absolute atomic E-state index is 14.5. The van der Waals surface area contributed by atoms with Gasteiger partial charge in [0.25, 0.3) is 11.8 Å². The number of benzene rings is 1. The molecule has 1 unspecified atom stereocenters. The molecule has 0 saturated heterocycles. The lowest BCUT2D eigenvalue weighted by Crippen LogP contribution is -2.40. The number of pyridine rings is 1. The van der Waals surface area contributed by atoms with Gasteiger partial charge in [0.1, 0.15) is 65.0 Å². The minimum Gasteiger partial charge on any atom is -0.481 e. The molecule has 10 bridgehead atoms. The first kappa shape index (κ1) is 66.0. The molecule has 0 spiro atoms. The van der Waals surface area contributed by atoms with Crippen LogP contribution < -0.4 is 26.2 Å². The van der Waals surface area contributed by atoms with Crippen LogP contribution in [0.25, 0.3) is 43.4 Å². The number of thiazole rings is 6. The van der Waals surface area contributed by atoms with Crippen LogP contribution in [0.15, 0.2) is 64.0 Å². The van der Waals surface area contributed by atoms with Crippen LogP contribution in [-0.2, 0) is 35.3 Å². The number of rotatable bonds is 17. The van der Waals surface area contributed by atoms with Gasteiger partial charge in [-0.25, -0.2) is 34.9 Å². The van der Waals surface area contributed by atoms with Crippen LogP contribution in [0.2, 0.25) is 0 Å². The van der Waals surface area contributed by atoms with Gasteiger partial charge in [-0.2, -0.15) is 0 Å². The Labute approximate surface area is 547 Å². The van der Waals surface area contributed by atoms with Crippen molar-refractivity contribution in [2.24, 2.45) is 17.8 Å². The van der Waals surface area contributed by atoms with Gasteiger partial charge >= 0.3 is 11.9 Å². The van der Waals surface area contributed by atoms with E-state index < -0.39 is 71.9 Å². The lowest BCUT2D eigenvalue weighted by molar-refractivity contribution is -0.141. The predicted octanol–water partition coefficient (Wildman–Crippen LogP) is 10.7. The molecule has 476 valence electrons. The molecule has 1 saturated carbocycles. The zero-order chi connectivity index (χ0) is 64.6. The molecule has 7 aromatic heterocycles. The van der Waals surface area contributed by atoms with E-state index in [0.29, 0.717) is 106 Å². The molecule has 10 rings (SSSR count). The number of Topliss-reactive ketones (excluding diaryl/α,β-unsaturated/α-hetero) is 1. The molecule has 6 atom stereocenters. The van der Waals surface area contributed by atoms with Crippen LogP contribution in [0.1, 0.15) is 164 Å². The van der Waals surface area contributed by atoms with Crippen LogP contribution in [-0.4, -0.2) is 120 Å². The third-order valence-corrected chi connectivity index (χ3v) is 21.7. The summed E-state index contributed by atoms with van der Waals surface area (Å²) in [5.74, 6) is -6.18. The number of amides is 5. The summed E-state index contributed by atoms with van der Waals surface area (Å²) >= 11 is 7.52. The smallest absolute Gasteiger partial charge is 0.306 e. The van der Waals surface area contributed by atoms with E-state index in [1.54, 1.807) is 34.7 Å². The summed E-state index contributed by atoms with van der Waals surface area (Å²) in [5, 5.41) is 40.4. The number of ether oxygens (including phenoxy) is 1. The third kappa shape index (κ3) is 15.5. The highest BCUT2D eigenvalue weighted by Gasteiger charge is 2.38. The molecule has 5 amide bonds. The first-order valence-electron chi connectivity index (χ1n) is 29.5. The molecular weight excluding hydrogens is 1280 g/mol. The molecular formula is C62H66N12O11S6. The molecule has 8 heterocycles. The highest BCUT2D eigenvalue weighted by atomic mass is 32.1. The number of aryl methyl sites for hydroxylation is 1. The first-order chi connectivity index (χ1) is 43.8. The molecule has 1 fully saturated rings. The Kier molecular flexibility index (Phi) is 21.4. The van der Waals surface area contributed by atoms with Gasteiger partial charge in [0.2, 0.25) is 17.7 Å². The Bertz CT molecular complexity index is 4000. The van der Waals surface area contributed by atoms with Crippen molar-refractivity contribution in [3.63, 3.8) is 0 Å². The molecule has 1 aliphatic heterocycles. The molecule has 6 N–H and O–H groups in total. The molecule has 1 aromatic carbocycles. The third-order valence-electron chi connectivity index (χ3n) is 15.9. The molecule has 23 nitrogen and oxygen atoms in total. The van der Waals surface area contributed by atoms with Crippen LogP contribution in [0.3, 0.4) is 0 Å². The number of nitrogens with one attached hydrogen (secondary N) is 4. The van der Waals surface area contributed by atoms with Gasteiger partial charge in [-0.1, -0.05) is 57.5 Å². The number of aliphatic carboxylic acids is 2. The van der Waals surface area contributed by atoms with Gasteiger partial charge in [0.15, 0.2) is 5.78 Å². The summed E-state index contributed by atoms with van der Waals surface area (Å²) in [6, 6.07) is 11.6. The van der Waals surface area contributed by atoms with Crippen LogP contribution in [0.4, 0.5) is 5.82 Å². The van der Waals surface area contributed by atoms with Gasteiger partial charge in [-0.05, 0) is 62.6 Å². The van der Waals surface area contributed by atoms with Crippen molar-refractivity contribution in [2.75, 3.05) is 32.1 Å². The zero-order valence-corrected chi connectivity index (χ0v) is 55.4. The van der Waals surface area contributed by atoms with Crippen molar-refractivity contribution in [1.29, 1.82) is 0 Å². The second-order valence-electron chi connectivity index (χ2n) is 22.5. The summed E-state index contributed by atoms with van der Waals surface area (Å²) in [6.45, 7) is 7.54. The minimum atomic E-state index is -0.974. The standard InChI is InChI=1S/C62H66N12O11S6/c1-30(2)37-22-43(75)50-32(4)90-59(72-50)39(23-46(76)63-5)66-53(80)41-27-86-55(68-41)36-18-19-38(57-70-45(29-89-57)74(20-12-8-11-15-48(78)79)61(82)34-16-17-35(21-34)62(83)84)65-51(36)40-26-87-58(67-40)42-28-88-60(69-42)49(31(3)33-13-9-7-10-14-33)71-47(77)24-64-54(81)52-44(25-85-6)91-56(37)73-52/h7,9-10,13-14,18-19,26-31,34-35,37,39,49H,8,11-12,15-17,20-25H2,1-6H3,(H,63,76)(H,64,81)(H,66,80)(H,71,77)(H,78,79)(H,83,84)/t31-,34+,35+,37?,39-,49-/m0/s1. The van der Waals surface area contributed by atoms with Gasteiger partial charge in [-0.3, -0.25) is 43.3 Å². The van der Waals surface area contributed by atoms with E-state index in [1.165, 1.54) is 82.2 Å². The molecule has 0 radical (unpaired) electrons. The number of anilines is 1. The van der Waals surface area contributed by atoms with Crippen LogP contribution in [0.5, 0.6) is 0 Å². The summed E-state index contributed by atoms with van der Waals surface area (Å²) in [5.41, 5.74) is 3.45. The maximum Gasteiger partial charge on any atom is 0.306 e. The van der Waals surface area contributed by atoms with Crippen molar-refractivity contribution in [1.82, 2.24) is 56.2 Å². The number of carboxylic acid groups (broad SMARTS) is 2. The number of nitrogens with zero attached hydrogens (tertiary/aromatic N) is 8. The SMILES string of the molecule is CNC(=O)C[C@@H]1NC(=O)c2csc(n2)-c2ccc(-c3nc(N(CCCCCC(=O)O)C(=O)[C@@H]4CC[C@@H](C(=O)O)C4)cs3)nc2-c2csc(n2)-c2csc(n2)[C@H]([C@@H](C)c2ccccc2)NC(=O)CNC(=O)c2nc(sc2COC)C(C(C)C)CC(=O)c2nc1sc2C. The summed E-state index contributed by atoms with van der Waals surface area (Å²) in [6.07, 6.45) is 2.20. The fourth-order valence-electron chi connectivity index (χ4n) is 10.9.